The molecule has 2 aromatic heterocycles. The van der Waals surface area contributed by atoms with E-state index in [1.165, 1.54) is 0 Å². The molecule has 0 saturated carbocycles. The van der Waals surface area contributed by atoms with Gasteiger partial charge in [0.25, 0.3) is 5.91 Å². The molecule has 24 heavy (non-hydrogen) atoms. The van der Waals surface area contributed by atoms with E-state index in [-0.39, 0.29) is 5.91 Å². The number of aryl methyl sites for hydroxylation is 1. The fraction of sp³-hybridized carbons (Fsp3) is 0.250. The molecule has 0 aliphatic rings. The van der Waals surface area contributed by atoms with Gasteiger partial charge in [0.05, 0.1) is 5.69 Å². The van der Waals surface area contributed by atoms with Gasteiger partial charge in [0.15, 0.2) is 5.82 Å². The van der Waals surface area contributed by atoms with Gasteiger partial charge in [0.2, 0.25) is 0 Å². The minimum Gasteiger partial charge on any atom is -0.317 e. The fourth-order valence-electron chi connectivity index (χ4n) is 2.38. The topological polar surface area (TPSA) is 77.6 Å². The third-order valence-electron chi connectivity index (χ3n) is 3.63. The monoisotopic (exact) mass is 388 g/mol. The molecule has 0 spiro atoms. The number of aromatic nitrogens is 5. The van der Waals surface area contributed by atoms with Gasteiger partial charge in [-0.2, -0.15) is 5.10 Å². The maximum absolute atomic E-state index is 12.6. The van der Waals surface area contributed by atoms with Gasteiger partial charge in [-0.05, 0) is 37.6 Å². The van der Waals surface area contributed by atoms with Gasteiger partial charge in [-0.3, -0.25) is 14.0 Å². The molecule has 124 valence electrons. The zero-order chi connectivity index (χ0) is 17.1. The van der Waals surface area contributed by atoms with Crippen LogP contribution in [-0.4, -0.2) is 30.5 Å². The standard InChI is InChI=1S/C16H17BrN6O/c1-3-8-23-11(2)14(15(21-23)22-9-18-19-10-22)20-16(24)12-4-6-13(17)7-5-12/h4-7,9-10H,3,8H2,1-2H3,(H,20,24). The number of hydrogen-bond acceptors (Lipinski definition) is 4. The van der Waals surface area contributed by atoms with Gasteiger partial charge >= 0.3 is 0 Å². The highest BCUT2D eigenvalue weighted by molar-refractivity contribution is 9.10. The van der Waals surface area contributed by atoms with E-state index in [1.54, 1.807) is 29.4 Å². The van der Waals surface area contributed by atoms with Crippen LogP contribution < -0.4 is 5.32 Å². The SMILES string of the molecule is CCCn1nc(-n2cnnc2)c(NC(=O)c2ccc(Br)cc2)c1C. The third-order valence-corrected chi connectivity index (χ3v) is 4.16. The average Bonchev–Trinajstić information content (AvgIpc) is 3.19. The molecular formula is C16H17BrN6O. The lowest BCUT2D eigenvalue weighted by Gasteiger charge is -2.07. The number of anilines is 1. The van der Waals surface area contributed by atoms with Crippen molar-refractivity contribution in [3.05, 3.63) is 52.7 Å². The Bertz CT molecular complexity index is 838. The number of halogens is 1. The Kier molecular flexibility index (Phi) is 4.75. The molecule has 1 amide bonds. The molecule has 0 bridgehead atoms. The van der Waals surface area contributed by atoms with Crippen molar-refractivity contribution in [2.24, 2.45) is 0 Å². The maximum Gasteiger partial charge on any atom is 0.255 e. The molecule has 8 heteroatoms. The summed E-state index contributed by atoms with van der Waals surface area (Å²) in [5, 5.41) is 15.2. The number of hydrogen-bond donors (Lipinski definition) is 1. The van der Waals surface area contributed by atoms with Crippen LogP contribution in [0.1, 0.15) is 29.4 Å². The van der Waals surface area contributed by atoms with Gasteiger partial charge in [0.1, 0.15) is 18.3 Å². The predicted molar refractivity (Wildman–Crippen MR) is 94.3 cm³/mol. The summed E-state index contributed by atoms with van der Waals surface area (Å²) >= 11 is 3.37. The first-order valence-electron chi connectivity index (χ1n) is 7.59. The van der Waals surface area contributed by atoms with Crippen LogP contribution >= 0.6 is 15.9 Å². The summed E-state index contributed by atoms with van der Waals surface area (Å²) < 4.78 is 4.50. The molecule has 0 unspecified atom stereocenters. The lowest BCUT2D eigenvalue weighted by atomic mass is 10.2. The number of carbonyl (C=O) groups excluding carboxylic acids is 1. The van der Waals surface area contributed by atoms with E-state index in [2.05, 4.69) is 43.5 Å². The van der Waals surface area contributed by atoms with Gasteiger partial charge < -0.3 is 5.32 Å². The van der Waals surface area contributed by atoms with Gasteiger partial charge in [0, 0.05) is 16.6 Å². The second-order valence-electron chi connectivity index (χ2n) is 5.34. The summed E-state index contributed by atoms with van der Waals surface area (Å²) in [5.74, 6) is 0.424. The van der Waals surface area contributed by atoms with Crippen LogP contribution in [0.25, 0.3) is 5.82 Å². The summed E-state index contributed by atoms with van der Waals surface area (Å²) in [7, 11) is 0. The molecule has 0 saturated heterocycles. The lowest BCUT2D eigenvalue weighted by Crippen LogP contribution is -2.14. The number of nitrogens with one attached hydrogen (secondary N) is 1. The van der Waals surface area contributed by atoms with Crippen LogP contribution in [0.4, 0.5) is 5.69 Å². The number of nitrogens with zero attached hydrogens (tertiary/aromatic N) is 5. The van der Waals surface area contributed by atoms with Crippen molar-refractivity contribution in [1.29, 1.82) is 0 Å². The second-order valence-corrected chi connectivity index (χ2v) is 6.25. The Morgan fingerprint density at radius 1 is 1.21 bits per heavy atom. The van der Waals surface area contributed by atoms with Crippen LogP contribution in [0.15, 0.2) is 41.4 Å². The van der Waals surface area contributed by atoms with Gasteiger partial charge in [-0.15, -0.1) is 10.2 Å². The largest absolute Gasteiger partial charge is 0.317 e. The first-order chi connectivity index (χ1) is 11.6. The Labute approximate surface area is 147 Å². The average molecular weight is 389 g/mol. The second kappa shape index (κ2) is 6.96. The van der Waals surface area contributed by atoms with Crippen LogP contribution in [0.5, 0.6) is 0 Å². The van der Waals surface area contributed by atoms with E-state index in [0.717, 1.165) is 23.1 Å². The molecule has 2 heterocycles. The first kappa shape index (κ1) is 16.4. The maximum atomic E-state index is 12.6. The summed E-state index contributed by atoms with van der Waals surface area (Å²) in [4.78, 5) is 12.6. The molecule has 0 aliphatic heterocycles. The summed E-state index contributed by atoms with van der Waals surface area (Å²) in [6.07, 6.45) is 4.07. The van der Waals surface area contributed by atoms with E-state index in [0.29, 0.717) is 17.1 Å². The Morgan fingerprint density at radius 2 is 1.88 bits per heavy atom. The Balaban J connectivity index is 1.96. The Morgan fingerprint density at radius 3 is 2.50 bits per heavy atom. The van der Waals surface area contributed by atoms with Crippen molar-refractivity contribution in [1.82, 2.24) is 24.5 Å². The highest BCUT2D eigenvalue weighted by atomic mass is 79.9. The molecule has 3 aromatic rings. The molecule has 0 aliphatic carbocycles. The van der Waals surface area contributed by atoms with E-state index in [1.807, 2.05) is 23.7 Å². The Hall–Kier alpha value is -2.48. The summed E-state index contributed by atoms with van der Waals surface area (Å²) in [6, 6.07) is 7.21. The fourth-order valence-corrected chi connectivity index (χ4v) is 2.65. The van der Waals surface area contributed by atoms with Crippen LogP contribution in [-0.2, 0) is 6.54 Å². The van der Waals surface area contributed by atoms with E-state index in [9.17, 15) is 4.79 Å². The first-order valence-corrected chi connectivity index (χ1v) is 8.38. The number of amides is 1. The zero-order valence-corrected chi connectivity index (χ0v) is 15.0. The number of carbonyl (C=O) groups is 1. The van der Waals surface area contributed by atoms with Crippen molar-refractivity contribution in [2.45, 2.75) is 26.8 Å². The molecule has 0 fully saturated rings. The number of rotatable bonds is 5. The number of benzene rings is 1. The molecular weight excluding hydrogens is 372 g/mol. The summed E-state index contributed by atoms with van der Waals surface area (Å²) in [5.41, 5.74) is 2.14. The van der Waals surface area contributed by atoms with Crippen molar-refractivity contribution in [3.8, 4) is 5.82 Å². The van der Waals surface area contributed by atoms with Crippen molar-refractivity contribution < 1.29 is 4.79 Å². The minimum absolute atomic E-state index is 0.184. The van der Waals surface area contributed by atoms with Gasteiger partial charge in [-0.1, -0.05) is 22.9 Å². The van der Waals surface area contributed by atoms with Crippen molar-refractivity contribution >= 4 is 27.5 Å². The zero-order valence-electron chi connectivity index (χ0n) is 13.4. The molecule has 1 aromatic carbocycles. The predicted octanol–water partition coefficient (Wildman–Crippen LogP) is 3.20. The molecule has 7 nitrogen and oxygen atoms in total. The van der Waals surface area contributed by atoms with Gasteiger partial charge in [-0.25, -0.2) is 0 Å². The summed E-state index contributed by atoms with van der Waals surface area (Å²) in [6.45, 7) is 4.79. The van der Waals surface area contributed by atoms with E-state index >= 15 is 0 Å². The smallest absolute Gasteiger partial charge is 0.255 e. The molecule has 0 radical (unpaired) electrons. The third kappa shape index (κ3) is 3.23. The van der Waals surface area contributed by atoms with E-state index < -0.39 is 0 Å². The van der Waals surface area contributed by atoms with E-state index in [4.69, 9.17) is 0 Å². The quantitative estimate of drug-likeness (QED) is 0.727. The van der Waals surface area contributed by atoms with Crippen molar-refractivity contribution in [3.63, 3.8) is 0 Å². The van der Waals surface area contributed by atoms with Crippen LogP contribution in [0.2, 0.25) is 0 Å². The van der Waals surface area contributed by atoms with Crippen molar-refractivity contribution in [2.75, 3.05) is 5.32 Å². The molecule has 0 atom stereocenters. The highest BCUT2D eigenvalue weighted by Gasteiger charge is 2.19. The highest BCUT2D eigenvalue weighted by Crippen LogP contribution is 2.25. The van der Waals surface area contributed by atoms with Crippen LogP contribution in [0.3, 0.4) is 0 Å². The minimum atomic E-state index is -0.184. The normalized spacial score (nSPS) is 10.8. The lowest BCUT2D eigenvalue weighted by molar-refractivity contribution is 0.102. The molecule has 1 N–H and O–H groups in total. The molecule has 3 rings (SSSR count). The van der Waals surface area contributed by atoms with Crippen LogP contribution in [0, 0.1) is 6.92 Å².